The fourth-order valence-corrected chi connectivity index (χ4v) is 2.06. The molecule has 12 heteroatoms. The Bertz CT molecular complexity index is 730. The Morgan fingerprint density at radius 2 is 0.750 bits per heavy atom. The van der Waals surface area contributed by atoms with Crippen LogP contribution in [0.25, 0.3) is 11.1 Å². The van der Waals surface area contributed by atoms with Gasteiger partial charge in [-0.3, -0.25) is 0 Å². The van der Waals surface area contributed by atoms with Crippen molar-refractivity contribution in [3.8, 4) is 22.6 Å². The Morgan fingerprint density at radius 1 is 0.500 bits per heavy atom. The second-order valence-corrected chi connectivity index (χ2v) is 7.99. The first-order valence-corrected chi connectivity index (χ1v) is 9.26. The molecule has 2 rings (SSSR count). The van der Waals surface area contributed by atoms with Crippen molar-refractivity contribution in [1.29, 1.82) is 0 Å². The molecule has 0 saturated carbocycles. The molecular weight excluding hydrogens is 630 g/mol. The molecule has 0 aliphatic carbocycles. The van der Waals surface area contributed by atoms with Gasteiger partial charge in [0.2, 0.25) is 0 Å². The van der Waals surface area contributed by atoms with Crippen molar-refractivity contribution in [3.63, 3.8) is 0 Å². The van der Waals surface area contributed by atoms with E-state index in [2.05, 4.69) is 9.47 Å². The van der Waals surface area contributed by atoms with Crippen LogP contribution in [0.15, 0.2) is 48.5 Å². The molecule has 0 radical (unpaired) electrons. The Balaban J connectivity index is 2.13. The lowest BCUT2D eigenvalue weighted by Crippen LogP contribution is -2.40. The minimum absolute atomic E-state index is 0.258. The lowest BCUT2D eigenvalue weighted by atomic mass is 10.1. The minimum Gasteiger partial charge on any atom is -0.427 e. The molecule has 2 aromatic carbocycles. The lowest BCUT2D eigenvalue weighted by molar-refractivity contribution is -0.261. The van der Waals surface area contributed by atoms with E-state index in [1.807, 2.05) is 0 Å². The van der Waals surface area contributed by atoms with E-state index in [9.17, 15) is 35.1 Å². The molecule has 0 aliphatic rings. The number of halogens is 10. The normalized spacial score (nSPS) is 13.4. The van der Waals surface area contributed by atoms with E-state index in [-0.39, 0.29) is 45.2 Å². The number of ether oxygens (including phenoxy) is 2. The zero-order chi connectivity index (χ0) is 21.4. The molecule has 0 heterocycles. The van der Waals surface area contributed by atoms with Gasteiger partial charge in [0.05, 0.1) is 0 Å². The maximum Gasteiger partial charge on any atom is 0.474 e. The SMILES string of the molecule is FC(F)(I)C(F)(F)Oc1ccc(-c2ccc(OC(F)(F)C(F)(F)I)cc2)cc1. The Hall–Kier alpha value is -1.06. The number of hydrogen-bond acceptors (Lipinski definition) is 2. The molecule has 0 atom stereocenters. The summed E-state index contributed by atoms with van der Waals surface area (Å²) in [5.74, 6) is -1.04. The maximum absolute atomic E-state index is 13.2. The third kappa shape index (κ3) is 5.51. The van der Waals surface area contributed by atoms with Crippen LogP contribution >= 0.6 is 45.2 Å². The zero-order valence-corrected chi connectivity index (χ0v) is 17.5. The summed E-state index contributed by atoms with van der Waals surface area (Å²) in [5.41, 5.74) is 0.795. The van der Waals surface area contributed by atoms with Crippen LogP contribution in [0, 0.1) is 0 Å². The van der Waals surface area contributed by atoms with E-state index < -0.39 is 31.6 Å². The van der Waals surface area contributed by atoms with Gasteiger partial charge in [-0.25, -0.2) is 0 Å². The molecule has 0 bridgehead atoms. The van der Waals surface area contributed by atoms with Crippen molar-refractivity contribution in [2.75, 3.05) is 0 Å². The van der Waals surface area contributed by atoms with Gasteiger partial charge >= 0.3 is 20.1 Å². The molecule has 0 spiro atoms. The largest absolute Gasteiger partial charge is 0.474 e. The van der Waals surface area contributed by atoms with E-state index >= 15 is 0 Å². The van der Waals surface area contributed by atoms with Crippen LogP contribution in [-0.2, 0) is 0 Å². The van der Waals surface area contributed by atoms with Gasteiger partial charge in [0.15, 0.2) is 0 Å². The number of alkyl halides is 10. The summed E-state index contributed by atoms with van der Waals surface area (Å²) in [6, 6.07) is 9.12. The van der Waals surface area contributed by atoms with E-state index in [1.54, 1.807) is 0 Å². The molecule has 2 nitrogen and oxygen atoms in total. The average molecular weight is 638 g/mol. The highest BCUT2D eigenvalue weighted by Crippen LogP contribution is 2.42. The Labute approximate surface area is 180 Å². The molecule has 2 aromatic rings. The molecule has 0 unspecified atom stereocenters. The topological polar surface area (TPSA) is 18.5 Å². The van der Waals surface area contributed by atoms with Crippen molar-refractivity contribution in [2.45, 2.75) is 20.1 Å². The highest BCUT2D eigenvalue weighted by Gasteiger charge is 2.58. The van der Waals surface area contributed by atoms with Crippen molar-refractivity contribution in [1.82, 2.24) is 0 Å². The second kappa shape index (κ2) is 7.99. The van der Waals surface area contributed by atoms with Gasteiger partial charge in [-0.05, 0) is 35.4 Å². The fraction of sp³-hybridized carbons (Fsp3) is 0.250. The Kier molecular flexibility index (Phi) is 6.63. The minimum atomic E-state index is -4.72. The number of benzene rings is 2. The molecule has 0 aliphatic heterocycles. The van der Waals surface area contributed by atoms with Crippen LogP contribution in [0.3, 0.4) is 0 Å². The summed E-state index contributed by atoms with van der Waals surface area (Å²) in [6.45, 7) is 0. The van der Waals surface area contributed by atoms with Crippen molar-refractivity contribution in [3.05, 3.63) is 48.5 Å². The van der Waals surface area contributed by atoms with Gasteiger partial charge in [-0.1, -0.05) is 24.3 Å². The first-order valence-electron chi connectivity index (χ1n) is 7.10. The van der Waals surface area contributed by atoms with E-state index in [1.165, 1.54) is 24.3 Å². The monoisotopic (exact) mass is 638 g/mol. The van der Waals surface area contributed by atoms with Crippen LogP contribution in [0.4, 0.5) is 35.1 Å². The predicted octanol–water partition coefficient (Wildman–Crippen LogP) is 7.35. The van der Waals surface area contributed by atoms with Gasteiger partial charge in [0.1, 0.15) is 11.5 Å². The molecule has 154 valence electrons. The van der Waals surface area contributed by atoms with E-state index in [0.717, 1.165) is 24.3 Å². The molecule has 0 N–H and O–H groups in total. The molecule has 0 aromatic heterocycles. The van der Waals surface area contributed by atoms with Crippen molar-refractivity contribution >= 4 is 45.2 Å². The summed E-state index contributed by atoms with van der Waals surface area (Å²) in [7, 11) is 0. The fourth-order valence-electron chi connectivity index (χ4n) is 1.84. The first-order chi connectivity index (χ1) is 12.6. The number of hydrogen-bond donors (Lipinski definition) is 0. The van der Waals surface area contributed by atoms with Crippen LogP contribution in [0.5, 0.6) is 11.5 Å². The van der Waals surface area contributed by atoms with Gasteiger partial charge in [0, 0.05) is 45.2 Å². The lowest BCUT2D eigenvalue weighted by Gasteiger charge is -2.22. The quantitative estimate of drug-likeness (QED) is 0.180. The van der Waals surface area contributed by atoms with Gasteiger partial charge in [-0.15, -0.1) is 0 Å². The summed E-state index contributed by atoms with van der Waals surface area (Å²) >= 11 is 0.516. The molecule has 0 amide bonds. The van der Waals surface area contributed by atoms with Gasteiger partial charge < -0.3 is 9.47 Å². The zero-order valence-electron chi connectivity index (χ0n) is 13.2. The van der Waals surface area contributed by atoms with Crippen molar-refractivity contribution < 1.29 is 44.6 Å². The summed E-state index contributed by atoms with van der Waals surface area (Å²) < 4.78 is 103. The van der Waals surface area contributed by atoms with Crippen LogP contribution in [0.1, 0.15) is 0 Å². The summed E-state index contributed by atoms with van der Waals surface area (Å²) in [5, 5.41) is 0. The Morgan fingerprint density at radius 3 is 0.964 bits per heavy atom. The standard InChI is InChI=1S/C16H8F8I2O2/c17-13(18,25)15(21,22)27-11-5-1-9(2-6-11)10-3-7-12(8-4-10)28-16(23,24)14(19,20)26/h1-8H. The first kappa shape index (κ1) is 23.2. The highest BCUT2D eigenvalue weighted by molar-refractivity contribution is 14.1. The molecule has 0 saturated heterocycles. The third-order valence-electron chi connectivity index (χ3n) is 3.19. The van der Waals surface area contributed by atoms with E-state index in [0.29, 0.717) is 11.1 Å². The third-order valence-corrected chi connectivity index (χ3v) is 4.45. The summed E-state index contributed by atoms with van der Waals surface area (Å²) in [6.07, 6.45) is -9.44. The predicted molar refractivity (Wildman–Crippen MR) is 101 cm³/mol. The van der Waals surface area contributed by atoms with Crippen LogP contribution in [-0.4, -0.2) is 20.1 Å². The van der Waals surface area contributed by atoms with Gasteiger partial charge in [0.25, 0.3) is 0 Å². The van der Waals surface area contributed by atoms with Crippen LogP contribution < -0.4 is 9.47 Å². The van der Waals surface area contributed by atoms with Crippen molar-refractivity contribution in [2.24, 2.45) is 0 Å². The maximum atomic E-state index is 13.2. The highest BCUT2D eigenvalue weighted by atomic mass is 127. The smallest absolute Gasteiger partial charge is 0.427 e. The van der Waals surface area contributed by atoms with E-state index in [4.69, 9.17) is 0 Å². The molecule has 0 fully saturated rings. The molecule has 28 heavy (non-hydrogen) atoms. The van der Waals surface area contributed by atoms with Gasteiger partial charge in [-0.2, -0.15) is 35.1 Å². The second-order valence-electron chi connectivity index (χ2n) is 5.28. The molecular formula is C16H8F8I2O2. The van der Waals surface area contributed by atoms with Crippen LogP contribution in [0.2, 0.25) is 0 Å². The average Bonchev–Trinajstić information content (AvgIpc) is 2.53. The number of rotatable bonds is 7. The summed E-state index contributed by atoms with van der Waals surface area (Å²) in [4.78, 5) is 0.